The summed E-state index contributed by atoms with van der Waals surface area (Å²) in [5.74, 6) is -1.34. The van der Waals surface area contributed by atoms with E-state index in [4.69, 9.17) is 4.74 Å². The summed E-state index contributed by atoms with van der Waals surface area (Å²) < 4.78 is 45.7. The first-order chi connectivity index (χ1) is 13.3. The minimum atomic E-state index is -4.04. The summed E-state index contributed by atoms with van der Waals surface area (Å²) in [7, 11) is -4.04. The normalized spacial score (nSPS) is 20.6. The molecule has 9 heteroatoms. The van der Waals surface area contributed by atoms with Crippen LogP contribution in [0.2, 0.25) is 0 Å². The Morgan fingerprint density at radius 2 is 1.86 bits per heavy atom. The molecule has 2 aromatic rings. The fraction of sp³-hybridized carbons (Fsp3) is 0.316. The fourth-order valence-corrected chi connectivity index (χ4v) is 4.66. The molecule has 1 saturated heterocycles. The lowest BCUT2D eigenvalue weighted by Gasteiger charge is -2.34. The van der Waals surface area contributed by atoms with Crippen molar-refractivity contribution < 1.29 is 32.6 Å². The summed E-state index contributed by atoms with van der Waals surface area (Å²) in [6, 6.07) is 10.4. The van der Waals surface area contributed by atoms with Gasteiger partial charge in [-0.15, -0.1) is 0 Å². The maximum Gasteiger partial charge on any atom is 0.322 e. The van der Waals surface area contributed by atoms with Crippen molar-refractivity contribution in [2.24, 2.45) is 0 Å². The van der Waals surface area contributed by atoms with Gasteiger partial charge < -0.3 is 14.9 Å². The molecule has 1 fully saturated rings. The second kappa shape index (κ2) is 8.26. The van der Waals surface area contributed by atoms with Gasteiger partial charge in [0.15, 0.2) is 0 Å². The number of aliphatic hydroxyl groups is 1. The third-order valence-corrected chi connectivity index (χ3v) is 6.52. The quantitative estimate of drug-likeness (QED) is 0.756. The zero-order valence-electron chi connectivity index (χ0n) is 14.9. The number of aliphatic carboxylic acids is 1. The Hall–Kier alpha value is -2.49. The molecule has 0 amide bonds. The van der Waals surface area contributed by atoms with E-state index in [2.05, 4.69) is 0 Å². The molecule has 0 saturated carbocycles. The Morgan fingerprint density at radius 3 is 2.50 bits per heavy atom. The van der Waals surface area contributed by atoms with E-state index in [1.54, 1.807) is 18.2 Å². The van der Waals surface area contributed by atoms with Crippen LogP contribution in [0.5, 0.6) is 5.75 Å². The van der Waals surface area contributed by atoms with Crippen molar-refractivity contribution >= 4 is 16.0 Å². The largest absolute Gasteiger partial charge is 0.489 e. The van der Waals surface area contributed by atoms with Crippen LogP contribution in [0.3, 0.4) is 0 Å². The van der Waals surface area contributed by atoms with Gasteiger partial charge in [0.2, 0.25) is 10.0 Å². The highest BCUT2D eigenvalue weighted by atomic mass is 32.2. The van der Waals surface area contributed by atoms with Crippen LogP contribution in [0.25, 0.3) is 0 Å². The third kappa shape index (κ3) is 4.32. The van der Waals surface area contributed by atoms with Crippen LogP contribution in [0.4, 0.5) is 4.39 Å². The van der Waals surface area contributed by atoms with Gasteiger partial charge in [-0.3, -0.25) is 4.79 Å². The topological polar surface area (TPSA) is 104 Å². The van der Waals surface area contributed by atoms with Gasteiger partial charge in [0.25, 0.3) is 0 Å². The molecule has 28 heavy (non-hydrogen) atoms. The predicted octanol–water partition coefficient (Wildman–Crippen LogP) is 2.00. The van der Waals surface area contributed by atoms with E-state index in [9.17, 15) is 27.8 Å². The summed E-state index contributed by atoms with van der Waals surface area (Å²) in [6.07, 6.45) is -0.827. The van der Waals surface area contributed by atoms with E-state index >= 15 is 0 Å². The lowest BCUT2D eigenvalue weighted by atomic mass is 10.0. The molecule has 150 valence electrons. The average Bonchev–Trinajstić information content (AvgIpc) is 2.67. The first kappa shape index (κ1) is 20.2. The molecule has 0 aliphatic carbocycles. The summed E-state index contributed by atoms with van der Waals surface area (Å²) in [6.45, 7) is -0.0874. The highest BCUT2D eigenvalue weighted by Gasteiger charge is 2.40. The number of halogens is 1. The van der Waals surface area contributed by atoms with Gasteiger partial charge in [-0.05, 0) is 36.8 Å². The molecule has 1 aliphatic rings. The standard InChI is InChI=1S/C19H20FNO6S/c20-17-4-2-1-3-13(17)12-27-15-5-7-16(8-6-15)28(25,26)21-10-9-14(22)11-18(21)19(23)24/h1-8,14,18,22H,9-12H2,(H,23,24). The van der Waals surface area contributed by atoms with Crippen LogP contribution in [0.15, 0.2) is 53.4 Å². The number of rotatable bonds is 6. The zero-order chi connectivity index (χ0) is 20.3. The highest BCUT2D eigenvalue weighted by Crippen LogP contribution is 2.27. The minimum absolute atomic E-state index is 0.0100. The van der Waals surface area contributed by atoms with Gasteiger partial charge >= 0.3 is 5.97 Å². The van der Waals surface area contributed by atoms with Gasteiger partial charge in [0.05, 0.1) is 11.0 Å². The molecule has 1 aliphatic heterocycles. The lowest BCUT2D eigenvalue weighted by Crippen LogP contribution is -2.51. The van der Waals surface area contributed by atoms with Gasteiger partial charge in [-0.2, -0.15) is 4.31 Å². The number of benzene rings is 2. The molecule has 2 unspecified atom stereocenters. The molecule has 1 heterocycles. The number of sulfonamides is 1. The summed E-state index contributed by atoms with van der Waals surface area (Å²) in [4.78, 5) is 11.3. The van der Waals surface area contributed by atoms with E-state index in [1.165, 1.54) is 30.3 Å². The second-order valence-electron chi connectivity index (χ2n) is 6.50. The van der Waals surface area contributed by atoms with E-state index in [0.29, 0.717) is 11.3 Å². The van der Waals surface area contributed by atoms with Gasteiger partial charge in [0.1, 0.15) is 24.2 Å². The smallest absolute Gasteiger partial charge is 0.322 e. The molecule has 2 aromatic carbocycles. The van der Waals surface area contributed by atoms with Crippen LogP contribution in [-0.2, 0) is 21.4 Å². The highest BCUT2D eigenvalue weighted by molar-refractivity contribution is 7.89. The van der Waals surface area contributed by atoms with E-state index in [0.717, 1.165) is 4.31 Å². The first-order valence-corrected chi connectivity index (χ1v) is 10.1. The van der Waals surface area contributed by atoms with E-state index < -0.39 is 34.0 Å². The van der Waals surface area contributed by atoms with Gasteiger partial charge in [0, 0.05) is 18.5 Å². The maximum atomic E-state index is 13.6. The van der Waals surface area contributed by atoms with Gasteiger partial charge in [-0.1, -0.05) is 18.2 Å². The Balaban J connectivity index is 1.74. The van der Waals surface area contributed by atoms with E-state index in [-0.39, 0.29) is 30.9 Å². The minimum Gasteiger partial charge on any atom is -0.489 e. The van der Waals surface area contributed by atoms with Crippen molar-refractivity contribution in [2.45, 2.75) is 36.5 Å². The number of carboxylic acids is 1. The molecule has 3 rings (SSSR count). The van der Waals surface area contributed by atoms with Crippen LogP contribution in [0.1, 0.15) is 18.4 Å². The number of piperidine rings is 1. The van der Waals surface area contributed by atoms with Crippen LogP contribution in [-0.4, -0.2) is 47.6 Å². The van der Waals surface area contributed by atoms with E-state index in [1.807, 2.05) is 0 Å². The van der Waals surface area contributed by atoms with Crippen LogP contribution in [0, 0.1) is 5.82 Å². The molecule has 2 N–H and O–H groups in total. The summed E-state index contributed by atoms with van der Waals surface area (Å²) in [5, 5.41) is 19.0. The Labute approximate surface area is 162 Å². The van der Waals surface area contributed by atoms with Crippen molar-refractivity contribution in [2.75, 3.05) is 6.54 Å². The molecule has 7 nitrogen and oxygen atoms in total. The van der Waals surface area contributed by atoms with Crippen molar-refractivity contribution in [1.29, 1.82) is 0 Å². The molecule has 0 aromatic heterocycles. The van der Waals surface area contributed by atoms with Crippen LogP contribution >= 0.6 is 0 Å². The molecule has 2 atom stereocenters. The van der Waals surface area contributed by atoms with Gasteiger partial charge in [-0.25, -0.2) is 12.8 Å². The number of hydrogen-bond donors (Lipinski definition) is 2. The summed E-state index contributed by atoms with van der Waals surface area (Å²) in [5.41, 5.74) is 0.371. The molecule has 0 spiro atoms. The number of carbonyl (C=O) groups is 1. The van der Waals surface area contributed by atoms with Crippen molar-refractivity contribution in [3.8, 4) is 5.75 Å². The number of carboxylic acid groups (broad SMARTS) is 1. The predicted molar refractivity (Wildman–Crippen MR) is 97.7 cm³/mol. The second-order valence-corrected chi connectivity index (χ2v) is 8.39. The lowest BCUT2D eigenvalue weighted by molar-refractivity contribution is -0.143. The number of ether oxygens (including phenoxy) is 1. The Bertz CT molecular complexity index is 947. The monoisotopic (exact) mass is 409 g/mol. The molecular formula is C19H20FNO6S. The molecule has 0 bridgehead atoms. The average molecular weight is 409 g/mol. The third-order valence-electron chi connectivity index (χ3n) is 4.59. The molecular weight excluding hydrogens is 389 g/mol. The number of aliphatic hydroxyl groups excluding tert-OH is 1. The zero-order valence-corrected chi connectivity index (χ0v) is 15.7. The van der Waals surface area contributed by atoms with Crippen molar-refractivity contribution in [3.05, 3.63) is 59.9 Å². The van der Waals surface area contributed by atoms with Crippen LogP contribution < -0.4 is 4.74 Å². The van der Waals surface area contributed by atoms with Crippen molar-refractivity contribution in [3.63, 3.8) is 0 Å². The summed E-state index contributed by atoms with van der Waals surface area (Å²) >= 11 is 0. The molecule has 0 radical (unpaired) electrons. The Kier molecular flexibility index (Phi) is 5.97. The van der Waals surface area contributed by atoms with Crippen molar-refractivity contribution in [1.82, 2.24) is 4.31 Å². The Morgan fingerprint density at radius 1 is 1.18 bits per heavy atom. The first-order valence-electron chi connectivity index (χ1n) is 8.68. The number of hydrogen-bond acceptors (Lipinski definition) is 5. The SMILES string of the molecule is O=C(O)C1CC(O)CCN1S(=O)(=O)c1ccc(OCc2ccccc2F)cc1. The number of nitrogens with zero attached hydrogens (tertiary/aromatic N) is 1. The fourth-order valence-electron chi connectivity index (χ4n) is 3.06. The maximum absolute atomic E-state index is 13.6.